The van der Waals surface area contributed by atoms with Gasteiger partial charge < -0.3 is 10.0 Å². The fraction of sp³-hybridized carbons (Fsp3) is 0.450. The summed E-state index contributed by atoms with van der Waals surface area (Å²) in [5.41, 5.74) is 0.0539. The van der Waals surface area contributed by atoms with E-state index in [4.69, 9.17) is 0 Å². The fourth-order valence-electron chi connectivity index (χ4n) is 2.96. The highest BCUT2D eigenvalue weighted by molar-refractivity contribution is 5.78. The van der Waals surface area contributed by atoms with Crippen molar-refractivity contribution < 1.29 is 23.1 Å². The molecule has 28 heavy (non-hydrogen) atoms. The van der Waals surface area contributed by atoms with Crippen molar-refractivity contribution >= 4 is 5.91 Å². The average Bonchev–Trinajstić information content (AvgIpc) is 3.38. The second-order valence-electron chi connectivity index (χ2n) is 7.61. The lowest BCUT2D eigenvalue weighted by molar-refractivity contribution is -0.141. The van der Waals surface area contributed by atoms with Gasteiger partial charge in [-0.2, -0.15) is 13.2 Å². The van der Waals surface area contributed by atoms with Crippen molar-refractivity contribution in [2.45, 2.75) is 38.5 Å². The molecule has 1 fully saturated rings. The number of pyridine rings is 2. The van der Waals surface area contributed by atoms with Gasteiger partial charge in [0.15, 0.2) is 0 Å². The van der Waals surface area contributed by atoms with E-state index < -0.39 is 18.0 Å². The highest BCUT2D eigenvalue weighted by Crippen LogP contribution is 2.45. The van der Waals surface area contributed by atoms with Crippen LogP contribution in [0.2, 0.25) is 0 Å². The second-order valence-corrected chi connectivity index (χ2v) is 7.61. The Hall–Kier alpha value is -2.48. The normalized spacial score (nSPS) is 16.5. The minimum Gasteiger partial charge on any atom is -0.386 e. The highest BCUT2D eigenvalue weighted by atomic mass is 19.4. The molecule has 1 saturated carbocycles. The molecule has 5 nitrogen and oxygen atoms in total. The number of halogens is 3. The lowest BCUT2D eigenvalue weighted by atomic mass is 10.1. The summed E-state index contributed by atoms with van der Waals surface area (Å²) in [4.78, 5) is 21.8. The van der Waals surface area contributed by atoms with Gasteiger partial charge in [0.25, 0.3) is 0 Å². The van der Waals surface area contributed by atoms with Crippen LogP contribution in [0.1, 0.15) is 42.7 Å². The number of aliphatic hydroxyl groups excluding tert-OH is 1. The largest absolute Gasteiger partial charge is 0.433 e. The summed E-state index contributed by atoms with van der Waals surface area (Å²) in [5.74, 6) is -0.252. The van der Waals surface area contributed by atoms with E-state index in [1.165, 1.54) is 6.07 Å². The van der Waals surface area contributed by atoms with Crippen LogP contribution in [0.15, 0.2) is 42.9 Å². The van der Waals surface area contributed by atoms with Crippen LogP contribution in [0, 0.1) is 5.41 Å². The van der Waals surface area contributed by atoms with Gasteiger partial charge in [0.2, 0.25) is 5.91 Å². The Kier molecular flexibility index (Phi) is 5.69. The van der Waals surface area contributed by atoms with Crippen LogP contribution in [0.25, 0.3) is 0 Å². The Morgan fingerprint density at radius 3 is 2.57 bits per heavy atom. The monoisotopic (exact) mass is 393 g/mol. The van der Waals surface area contributed by atoms with E-state index in [2.05, 4.69) is 16.9 Å². The van der Waals surface area contributed by atoms with E-state index in [0.29, 0.717) is 17.7 Å². The molecule has 0 spiro atoms. The van der Waals surface area contributed by atoms with E-state index in [1.54, 1.807) is 29.4 Å². The summed E-state index contributed by atoms with van der Waals surface area (Å²) >= 11 is 0. The Balaban J connectivity index is 1.69. The number of carbonyl (C=O) groups is 1. The van der Waals surface area contributed by atoms with Gasteiger partial charge >= 0.3 is 6.18 Å². The Labute approximate surface area is 161 Å². The molecule has 0 bridgehead atoms. The van der Waals surface area contributed by atoms with Gasteiger partial charge in [-0.1, -0.05) is 19.1 Å². The first-order valence-corrected chi connectivity index (χ1v) is 9.04. The maximum atomic E-state index is 12.8. The minimum absolute atomic E-state index is 0.0305. The molecule has 1 aliphatic rings. The molecular weight excluding hydrogens is 371 g/mol. The number of aromatic nitrogens is 2. The van der Waals surface area contributed by atoms with Crippen LogP contribution >= 0.6 is 0 Å². The van der Waals surface area contributed by atoms with E-state index in [-0.39, 0.29) is 24.3 Å². The maximum Gasteiger partial charge on any atom is 0.433 e. The Morgan fingerprint density at radius 1 is 1.29 bits per heavy atom. The first-order valence-electron chi connectivity index (χ1n) is 9.04. The molecule has 2 heterocycles. The van der Waals surface area contributed by atoms with Crippen molar-refractivity contribution in [1.82, 2.24) is 14.9 Å². The number of hydrogen-bond acceptors (Lipinski definition) is 4. The first kappa shape index (κ1) is 20.3. The summed E-state index contributed by atoms with van der Waals surface area (Å²) in [6.45, 7) is 2.68. The van der Waals surface area contributed by atoms with Crippen LogP contribution in [0.4, 0.5) is 13.2 Å². The van der Waals surface area contributed by atoms with Crippen LogP contribution in [-0.4, -0.2) is 39.0 Å². The molecule has 0 saturated heterocycles. The lowest BCUT2D eigenvalue weighted by Gasteiger charge is -2.28. The fourth-order valence-corrected chi connectivity index (χ4v) is 2.96. The zero-order valence-corrected chi connectivity index (χ0v) is 15.5. The van der Waals surface area contributed by atoms with Crippen molar-refractivity contribution in [3.63, 3.8) is 0 Å². The van der Waals surface area contributed by atoms with Gasteiger partial charge in [0.05, 0.1) is 19.1 Å². The zero-order chi connectivity index (χ0) is 20.4. The molecule has 150 valence electrons. The predicted octanol–water partition coefficient (Wildman–Crippen LogP) is 3.40. The number of rotatable bonds is 7. The van der Waals surface area contributed by atoms with Crippen molar-refractivity contribution in [2.24, 2.45) is 5.41 Å². The highest BCUT2D eigenvalue weighted by Gasteiger charge is 2.40. The molecule has 3 rings (SSSR count). The Morgan fingerprint density at radius 2 is 2.04 bits per heavy atom. The van der Waals surface area contributed by atoms with Crippen LogP contribution < -0.4 is 0 Å². The third-order valence-electron chi connectivity index (χ3n) is 4.96. The van der Waals surface area contributed by atoms with Gasteiger partial charge in [0.1, 0.15) is 5.69 Å². The average molecular weight is 393 g/mol. The Bertz CT molecular complexity index is 806. The van der Waals surface area contributed by atoms with Crippen molar-refractivity contribution in [3.8, 4) is 0 Å². The molecule has 2 aromatic rings. The molecule has 1 amide bonds. The topological polar surface area (TPSA) is 66.3 Å². The van der Waals surface area contributed by atoms with Gasteiger partial charge in [-0.25, -0.2) is 0 Å². The third-order valence-corrected chi connectivity index (χ3v) is 4.96. The van der Waals surface area contributed by atoms with E-state index in [9.17, 15) is 23.1 Å². The third kappa shape index (κ3) is 5.28. The summed E-state index contributed by atoms with van der Waals surface area (Å²) in [6, 6.07) is 5.58. The quantitative estimate of drug-likeness (QED) is 0.783. The maximum absolute atomic E-state index is 12.8. The smallest absolute Gasteiger partial charge is 0.386 e. The van der Waals surface area contributed by atoms with Gasteiger partial charge in [-0.3, -0.25) is 14.8 Å². The molecule has 1 aliphatic carbocycles. The van der Waals surface area contributed by atoms with Gasteiger partial charge in [0, 0.05) is 30.7 Å². The lowest BCUT2D eigenvalue weighted by Crippen LogP contribution is -2.39. The number of alkyl halides is 3. The summed E-state index contributed by atoms with van der Waals surface area (Å²) in [6.07, 6.45) is 0.766. The van der Waals surface area contributed by atoms with Gasteiger partial charge in [-0.05, 0) is 36.0 Å². The molecule has 1 N–H and O–H groups in total. The summed E-state index contributed by atoms with van der Waals surface area (Å²) in [5, 5.41) is 10.5. The molecule has 0 aliphatic heterocycles. The van der Waals surface area contributed by atoms with Crippen LogP contribution in [-0.2, 0) is 17.4 Å². The summed E-state index contributed by atoms with van der Waals surface area (Å²) < 4.78 is 37.9. The molecule has 0 radical (unpaired) electrons. The standard InChI is InChI=1S/C20H22F3N3O2/c1-19(6-7-19)13-26(12-16(27)15-3-2-8-24-11-15)18(28)9-14-4-5-17(25-10-14)20(21,22)23/h2-5,8,10-11,16,27H,6-7,9,12-13H2,1H3. The van der Waals surface area contributed by atoms with E-state index in [0.717, 1.165) is 25.1 Å². The molecule has 0 aromatic carbocycles. The van der Waals surface area contributed by atoms with E-state index in [1.807, 2.05) is 0 Å². The number of amides is 1. The molecule has 2 aromatic heterocycles. The van der Waals surface area contributed by atoms with Crippen molar-refractivity contribution in [2.75, 3.05) is 13.1 Å². The second kappa shape index (κ2) is 7.87. The van der Waals surface area contributed by atoms with Crippen LogP contribution in [0.5, 0.6) is 0 Å². The minimum atomic E-state index is -4.51. The number of aliphatic hydroxyl groups is 1. The van der Waals surface area contributed by atoms with Crippen LogP contribution in [0.3, 0.4) is 0 Å². The summed E-state index contributed by atoms with van der Waals surface area (Å²) in [7, 11) is 0. The van der Waals surface area contributed by atoms with Crippen molar-refractivity contribution in [1.29, 1.82) is 0 Å². The van der Waals surface area contributed by atoms with Crippen molar-refractivity contribution in [3.05, 3.63) is 59.7 Å². The number of hydrogen-bond donors (Lipinski definition) is 1. The molecule has 8 heteroatoms. The van der Waals surface area contributed by atoms with E-state index >= 15 is 0 Å². The first-order chi connectivity index (χ1) is 13.2. The molecule has 1 atom stereocenters. The predicted molar refractivity (Wildman–Crippen MR) is 96.1 cm³/mol. The number of carbonyl (C=O) groups excluding carboxylic acids is 1. The molecular formula is C20H22F3N3O2. The SMILES string of the molecule is CC1(CN(CC(O)c2cccnc2)C(=O)Cc2ccc(C(F)(F)F)nc2)CC1. The number of nitrogens with zero attached hydrogens (tertiary/aromatic N) is 3. The zero-order valence-electron chi connectivity index (χ0n) is 15.5. The van der Waals surface area contributed by atoms with Gasteiger partial charge in [-0.15, -0.1) is 0 Å². The molecule has 1 unspecified atom stereocenters.